The molecule has 0 saturated heterocycles. The summed E-state index contributed by atoms with van der Waals surface area (Å²) in [7, 11) is 0. The van der Waals surface area contributed by atoms with Crippen LogP contribution in [-0.4, -0.2) is 16.7 Å². The maximum absolute atomic E-state index is 11.3. The van der Waals surface area contributed by atoms with Crippen LogP contribution < -0.4 is 5.32 Å². The van der Waals surface area contributed by atoms with Gasteiger partial charge in [0.25, 0.3) is 5.69 Å². The number of hydrogen-bond donors (Lipinski definition) is 1. The zero-order chi connectivity index (χ0) is 16.0. The van der Waals surface area contributed by atoms with Gasteiger partial charge in [-0.3, -0.25) is 10.1 Å². The zero-order valence-corrected chi connectivity index (χ0v) is 14.0. The lowest BCUT2D eigenvalue weighted by Gasteiger charge is -2.38. The minimum atomic E-state index is -0.260. The molecule has 0 spiro atoms. The average Bonchev–Trinajstić information content (AvgIpc) is 3.01. The van der Waals surface area contributed by atoms with E-state index in [1.807, 2.05) is 24.8 Å². The highest BCUT2D eigenvalue weighted by molar-refractivity contribution is 8.03. The number of aryl methyl sites for hydroxylation is 1. The van der Waals surface area contributed by atoms with E-state index in [0.29, 0.717) is 6.04 Å². The Morgan fingerprint density at radius 1 is 1.39 bits per heavy atom. The monoisotopic (exact) mass is 328 g/mol. The molecular weight excluding hydrogens is 308 g/mol. The third kappa shape index (κ3) is 2.47. The van der Waals surface area contributed by atoms with Crippen LogP contribution in [0, 0.1) is 17.0 Å². The summed E-state index contributed by atoms with van der Waals surface area (Å²) in [4.78, 5) is 12.5. The molecule has 1 aromatic rings. The normalized spacial score (nSPS) is 26.2. The van der Waals surface area contributed by atoms with Crippen LogP contribution in [0.5, 0.6) is 0 Å². The van der Waals surface area contributed by atoms with Crippen molar-refractivity contribution in [3.63, 3.8) is 0 Å². The molecule has 0 amide bonds. The summed E-state index contributed by atoms with van der Waals surface area (Å²) in [5, 5.41) is 15.1. The van der Waals surface area contributed by atoms with Crippen molar-refractivity contribution in [1.82, 2.24) is 5.32 Å². The van der Waals surface area contributed by atoms with Crippen molar-refractivity contribution in [1.29, 1.82) is 0 Å². The van der Waals surface area contributed by atoms with Gasteiger partial charge in [-0.25, -0.2) is 0 Å². The molecule has 0 bridgehead atoms. The van der Waals surface area contributed by atoms with Gasteiger partial charge >= 0.3 is 0 Å². The van der Waals surface area contributed by atoms with Gasteiger partial charge < -0.3 is 5.32 Å². The fourth-order valence-corrected chi connectivity index (χ4v) is 5.26. The molecule has 3 aliphatic rings. The molecule has 23 heavy (non-hydrogen) atoms. The number of thioether (sulfide) groups is 1. The van der Waals surface area contributed by atoms with Gasteiger partial charge in [-0.15, -0.1) is 11.8 Å². The van der Waals surface area contributed by atoms with Gasteiger partial charge in [0.15, 0.2) is 0 Å². The summed E-state index contributed by atoms with van der Waals surface area (Å²) in [5.74, 6) is 1.32. The van der Waals surface area contributed by atoms with Crippen LogP contribution in [0.15, 0.2) is 40.5 Å². The van der Waals surface area contributed by atoms with E-state index >= 15 is 0 Å². The summed E-state index contributed by atoms with van der Waals surface area (Å²) >= 11 is 1.91. The lowest BCUT2D eigenvalue weighted by atomic mass is 9.78. The molecule has 4 nitrogen and oxygen atoms in total. The molecule has 2 heterocycles. The van der Waals surface area contributed by atoms with E-state index in [1.165, 1.54) is 22.6 Å². The third-order valence-corrected chi connectivity index (χ3v) is 6.29. The maximum Gasteiger partial charge on any atom is 0.272 e. The molecule has 120 valence electrons. The molecule has 0 saturated carbocycles. The van der Waals surface area contributed by atoms with Crippen LogP contribution in [0.2, 0.25) is 0 Å². The van der Waals surface area contributed by atoms with Gasteiger partial charge in [-0.05, 0) is 43.7 Å². The van der Waals surface area contributed by atoms with Gasteiger partial charge in [0.2, 0.25) is 0 Å². The molecule has 2 aliphatic heterocycles. The lowest BCUT2D eigenvalue weighted by molar-refractivity contribution is -0.385. The first-order valence-corrected chi connectivity index (χ1v) is 9.21. The summed E-state index contributed by atoms with van der Waals surface area (Å²) < 4.78 is 0. The highest BCUT2D eigenvalue weighted by atomic mass is 32.2. The molecule has 2 atom stereocenters. The molecule has 1 N–H and O–H groups in total. The van der Waals surface area contributed by atoms with Crippen LogP contribution in [-0.2, 0) is 0 Å². The number of rotatable bonds is 2. The first kappa shape index (κ1) is 14.8. The van der Waals surface area contributed by atoms with Gasteiger partial charge in [0.05, 0.1) is 4.92 Å². The summed E-state index contributed by atoms with van der Waals surface area (Å²) in [6.07, 6.45) is 6.95. The van der Waals surface area contributed by atoms with Crippen molar-refractivity contribution in [2.75, 3.05) is 5.75 Å². The number of fused-ring (bicyclic) bond motifs is 1. The van der Waals surface area contributed by atoms with Crippen molar-refractivity contribution >= 4 is 17.4 Å². The Morgan fingerprint density at radius 2 is 2.26 bits per heavy atom. The number of nitro benzene ring substituents is 1. The Balaban J connectivity index is 1.84. The van der Waals surface area contributed by atoms with Crippen LogP contribution >= 0.6 is 11.8 Å². The lowest BCUT2D eigenvalue weighted by Crippen LogP contribution is -2.38. The molecule has 0 aromatic heterocycles. The zero-order valence-electron chi connectivity index (χ0n) is 13.2. The first-order valence-electron chi connectivity index (χ1n) is 8.22. The van der Waals surface area contributed by atoms with Crippen LogP contribution in [0.3, 0.4) is 0 Å². The van der Waals surface area contributed by atoms with Crippen LogP contribution in [0.25, 0.3) is 0 Å². The number of nitro groups is 1. The summed E-state index contributed by atoms with van der Waals surface area (Å²) in [6, 6.07) is 6.18. The summed E-state index contributed by atoms with van der Waals surface area (Å²) in [6.45, 7) is 1.81. The van der Waals surface area contributed by atoms with Gasteiger partial charge in [-0.2, -0.15) is 0 Å². The predicted octanol–water partition coefficient (Wildman–Crippen LogP) is 4.42. The number of hydrogen-bond acceptors (Lipinski definition) is 4. The maximum atomic E-state index is 11.3. The Kier molecular flexibility index (Phi) is 3.68. The van der Waals surface area contributed by atoms with Gasteiger partial charge in [0.1, 0.15) is 0 Å². The molecule has 0 radical (unpaired) electrons. The molecule has 1 aromatic carbocycles. The third-order valence-electron chi connectivity index (χ3n) is 5.09. The van der Waals surface area contributed by atoms with Crippen molar-refractivity contribution < 1.29 is 4.92 Å². The Labute approximate surface area is 140 Å². The number of allylic oxidation sites excluding steroid dienone is 3. The van der Waals surface area contributed by atoms with Crippen LogP contribution in [0.1, 0.15) is 42.7 Å². The quantitative estimate of drug-likeness (QED) is 0.496. The number of benzene rings is 1. The SMILES string of the molecule is Cc1ccc(C2C3=CCCCC3NC3=C2SCC3)cc1[N+](=O)[O-]. The number of nitrogens with zero attached hydrogens (tertiary/aromatic N) is 1. The molecule has 5 heteroatoms. The topological polar surface area (TPSA) is 55.2 Å². The standard InChI is InChI=1S/C18H20N2O2S/c1-11-6-7-12(10-16(11)20(21)22)17-13-4-2-3-5-14(13)19-15-8-9-23-18(15)17/h4,6-7,10,14,17,19H,2-3,5,8-9H2,1H3. The molecule has 0 fully saturated rings. The fourth-order valence-electron chi connectivity index (χ4n) is 3.96. The minimum Gasteiger partial charge on any atom is -0.381 e. The van der Waals surface area contributed by atoms with E-state index in [2.05, 4.69) is 17.5 Å². The molecular formula is C18H20N2O2S. The molecule has 4 rings (SSSR count). The van der Waals surface area contributed by atoms with E-state index in [0.717, 1.165) is 36.1 Å². The van der Waals surface area contributed by atoms with Gasteiger partial charge in [0, 0.05) is 39.9 Å². The van der Waals surface area contributed by atoms with Gasteiger partial charge in [-0.1, -0.05) is 18.2 Å². The Morgan fingerprint density at radius 3 is 3.09 bits per heavy atom. The molecule has 2 unspecified atom stereocenters. The predicted molar refractivity (Wildman–Crippen MR) is 93.5 cm³/mol. The van der Waals surface area contributed by atoms with E-state index in [9.17, 15) is 10.1 Å². The van der Waals surface area contributed by atoms with E-state index < -0.39 is 0 Å². The largest absolute Gasteiger partial charge is 0.381 e. The van der Waals surface area contributed by atoms with Crippen molar-refractivity contribution in [2.45, 2.75) is 44.6 Å². The van der Waals surface area contributed by atoms with Crippen LogP contribution in [0.4, 0.5) is 5.69 Å². The molecule has 1 aliphatic carbocycles. The Hall–Kier alpha value is -1.75. The highest BCUT2D eigenvalue weighted by Crippen LogP contribution is 2.50. The smallest absolute Gasteiger partial charge is 0.272 e. The average molecular weight is 328 g/mol. The van der Waals surface area contributed by atoms with Crippen molar-refractivity contribution in [2.24, 2.45) is 0 Å². The summed E-state index contributed by atoms with van der Waals surface area (Å²) in [5.41, 5.74) is 4.83. The van der Waals surface area contributed by atoms with Crippen molar-refractivity contribution in [3.05, 3.63) is 61.7 Å². The Bertz CT molecular complexity index is 739. The van der Waals surface area contributed by atoms with E-state index in [4.69, 9.17) is 0 Å². The number of nitrogens with one attached hydrogen (secondary N) is 1. The van der Waals surface area contributed by atoms with Crippen molar-refractivity contribution in [3.8, 4) is 0 Å². The second kappa shape index (κ2) is 5.71. The second-order valence-corrected chi connectivity index (χ2v) is 7.65. The van der Waals surface area contributed by atoms with E-state index in [1.54, 1.807) is 6.07 Å². The first-order chi connectivity index (χ1) is 11.1. The highest BCUT2D eigenvalue weighted by Gasteiger charge is 2.37. The fraction of sp³-hybridized carbons (Fsp3) is 0.444. The minimum absolute atomic E-state index is 0.211. The van der Waals surface area contributed by atoms with E-state index in [-0.39, 0.29) is 16.5 Å². The second-order valence-electron chi connectivity index (χ2n) is 6.51.